The Hall–Kier alpha value is -2.02. The second kappa shape index (κ2) is 5.31. The van der Waals surface area contributed by atoms with Gasteiger partial charge in [-0.15, -0.1) is 16.7 Å². The number of hydrogen-bond donors (Lipinski definition) is 0. The lowest BCUT2D eigenvalue weighted by Gasteiger charge is -2.08. The number of alkyl halides is 1. The zero-order valence-corrected chi connectivity index (χ0v) is 11.2. The van der Waals surface area contributed by atoms with E-state index in [-0.39, 0.29) is 11.1 Å². The summed E-state index contributed by atoms with van der Waals surface area (Å²) in [5, 5.41) is 21.8. The summed E-state index contributed by atoms with van der Waals surface area (Å²) in [4.78, 5) is 10.5. The van der Waals surface area contributed by atoms with E-state index in [2.05, 4.69) is 15.5 Å². The number of hydrogen-bond acceptors (Lipinski definition) is 5. The van der Waals surface area contributed by atoms with Crippen molar-refractivity contribution in [2.75, 3.05) is 0 Å². The van der Waals surface area contributed by atoms with Crippen molar-refractivity contribution < 1.29 is 4.92 Å². The second-order valence-corrected chi connectivity index (χ2v) is 4.78. The summed E-state index contributed by atoms with van der Waals surface area (Å²) in [6, 6.07) is 4.94. The number of tetrazole rings is 1. The van der Waals surface area contributed by atoms with Crippen LogP contribution in [0.3, 0.4) is 0 Å². The summed E-state index contributed by atoms with van der Waals surface area (Å²) in [6.45, 7) is 3.83. The Morgan fingerprint density at radius 2 is 2.26 bits per heavy atom. The van der Waals surface area contributed by atoms with Gasteiger partial charge in [-0.3, -0.25) is 10.1 Å². The monoisotopic (exact) mass is 281 g/mol. The van der Waals surface area contributed by atoms with Gasteiger partial charge in [-0.25, -0.2) is 4.68 Å². The van der Waals surface area contributed by atoms with Gasteiger partial charge in [-0.2, -0.15) is 0 Å². The van der Waals surface area contributed by atoms with Crippen LogP contribution in [0.25, 0.3) is 0 Å². The molecule has 0 aliphatic rings. The first-order valence-electron chi connectivity index (χ1n) is 5.63. The molecule has 0 bridgehead atoms. The minimum atomic E-state index is -0.399. The van der Waals surface area contributed by atoms with Gasteiger partial charge in [0.05, 0.1) is 16.8 Å². The van der Waals surface area contributed by atoms with Gasteiger partial charge >= 0.3 is 0 Å². The molecule has 0 saturated carbocycles. The molecular formula is C11H12ClN5O2. The lowest BCUT2D eigenvalue weighted by Crippen LogP contribution is -2.09. The molecule has 1 aromatic heterocycles. The molecule has 0 aliphatic heterocycles. The second-order valence-electron chi connectivity index (χ2n) is 4.13. The van der Waals surface area contributed by atoms with Crippen LogP contribution in [-0.2, 0) is 6.54 Å². The van der Waals surface area contributed by atoms with Crippen LogP contribution in [0, 0.1) is 17.0 Å². The van der Waals surface area contributed by atoms with Crippen LogP contribution in [0.2, 0.25) is 0 Å². The highest BCUT2D eigenvalue weighted by Gasteiger charge is 2.16. The van der Waals surface area contributed by atoms with E-state index in [9.17, 15) is 10.1 Å². The lowest BCUT2D eigenvalue weighted by atomic mass is 10.1. The molecule has 7 nitrogen and oxygen atoms in total. The summed E-state index contributed by atoms with van der Waals surface area (Å²) in [5.41, 5.74) is 1.49. The highest BCUT2D eigenvalue weighted by atomic mass is 35.5. The summed E-state index contributed by atoms with van der Waals surface area (Å²) in [6.07, 6.45) is 0. The van der Waals surface area contributed by atoms with Crippen molar-refractivity contribution in [3.05, 3.63) is 45.3 Å². The molecule has 8 heteroatoms. The van der Waals surface area contributed by atoms with E-state index >= 15 is 0 Å². The Balaban J connectivity index is 2.36. The number of nitro groups is 1. The smallest absolute Gasteiger partial charge is 0.258 e. The number of nitro benzene ring substituents is 1. The first kappa shape index (κ1) is 13.4. The van der Waals surface area contributed by atoms with Crippen LogP contribution in [-0.4, -0.2) is 25.1 Å². The van der Waals surface area contributed by atoms with E-state index in [1.807, 2.05) is 6.07 Å². The Kier molecular flexibility index (Phi) is 3.75. The predicted molar refractivity (Wildman–Crippen MR) is 69.0 cm³/mol. The topological polar surface area (TPSA) is 86.7 Å². The number of halogens is 1. The molecule has 1 atom stereocenters. The molecule has 2 rings (SSSR count). The van der Waals surface area contributed by atoms with E-state index < -0.39 is 4.92 Å². The summed E-state index contributed by atoms with van der Waals surface area (Å²) in [7, 11) is 0. The molecule has 0 amide bonds. The van der Waals surface area contributed by atoms with Crippen LogP contribution < -0.4 is 0 Å². The van der Waals surface area contributed by atoms with E-state index in [1.54, 1.807) is 24.6 Å². The Bertz CT molecular complexity index is 611. The van der Waals surface area contributed by atoms with Gasteiger partial charge in [0.25, 0.3) is 5.69 Å². The van der Waals surface area contributed by atoms with Crippen molar-refractivity contribution in [2.45, 2.75) is 25.8 Å². The summed E-state index contributed by atoms with van der Waals surface area (Å²) in [5.74, 6) is 0.535. The number of rotatable bonds is 4. The van der Waals surface area contributed by atoms with Gasteiger partial charge in [0.2, 0.25) is 0 Å². The molecule has 100 valence electrons. The fraction of sp³-hybridized carbons (Fsp3) is 0.364. The van der Waals surface area contributed by atoms with Gasteiger partial charge in [0, 0.05) is 11.6 Å². The first-order valence-corrected chi connectivity index (χ1v) is 6.07. The Morgan fingerprint density at radius 1 is 1.53 bits per heavy atom. The molecule has 1 aromatic carbocycles. The predicted octanol–water partition coefficient (Wildman–Crippen LogP) is 2.24. The standard InChI is InChI=1S/C11H12ClN5O2/c1-7-9(4-3-5-10(7)17(18)19)6-16-11(8(2)12)13-14-15-16/h3-5,8H,6H2,1-2H3. The average Bonchev–Trinajstić information content (AvgIpc) is 2.79. The largest absolute Gasteiger partial charge is 0.272 e. The van der Waals surface area contributed by atoms with Crippen molar-refractivity contribution >= 4 is 17.3 Å². The average molecular weight is 282 g/mol. The molecule has 2 aromatic rings. The fourth-order valence-corrected chi connectivity index (χ4v) is 1.97. The van der Waals surface area contributed by atoms with E-state index in [0.717, 1.165) is 5.56 Å². The quantitative estimate of drug-likeness (QED) is 0.487. The third kappa shape index (κ3) is 2.70. The normalized spacial score (nSPS) is 12.4. The SMILES string of the molecule is Cc1c(Cn2nnnc2C(C)Cl)cccc1[N+](=O)[O-]. The van der Waals surface area contributed by atoms with Crippen molar-refractivity contribution in [1.29, 1.82) is 0 Å². The van der Waals surface area contributed by atoms with E-state index in [0.29, 0.717) is 17.9 Å². The third-order valence-electron chi connectivity index (χ3n) is 2.85. The van der Waals surface area contributed by atoms with Crippen molar-refractivity contribution in [3.8, 4) is 0 Å². The number of benzene rings is 1. The fourth-order valence-electron chi connectivity index (χ4n) is 1.81. The minimum absolute atomic E-state index is 0.0889. The minimum Gasteiger partial charge on any atom is -0.258 e. The molecule has 1 heterocycles. The van der Waals surface area contributed by atoms with Gasteiger partial charge in [0.1, 0.15) is 0 Å². The molecule has 0 fully saturated rings. The van der Waals surface area contributed by atoms with Crippen molar-refractivity contribution in [1.82, 2.24) is 20.2 Å². The maximum atomic E-state index is 10.9. The zero-order valence-electron chi connectivity index (χ0n) is 10.4. The Morgan fingerprint density at radius 3 is 2.89 bits per heavy atom. The van der Waals surface area contributed by atoms with Crippen LogP contribution in [0.1, 0.15) is 29.3 Å². The molecule has 19 heavy (non-hydrogen) atoms. The number of nitrogens with zero attached hydrogens (tertiary/aromatic N) is 5. The third-order valence-corrected chi connectivity index (χ3v) is 3.04. The molecule has 1 unspecified atom stereocenters. The maximum absolute atomic E-state index is 10.9. The van der Waals surface area contributed by atoms with Gasteiger partial charge in [0.15, 0.2) is 5.82 Å². The van der Waals surface area contributed by atoms with Crippen LogP contribution in [0.4, 0.5) is 5.69 Å². The van der Waals surface area contributed by atoms with Gasteiger partial charge in [-0.1, -0.05) is 12.1 Å². The first-order chi connectivity index (χ1) is 9.00. The molecule has 0 saturated heterocycles. The van der Waals surface area contributed by atoms with Crippen molar-refractivity contribution in [3.63, 3.8) is 0 Å². The van der Waals surface area contributed by atoms with Crippen LogP contribution >= 0.6 is 11.6 Å². The van der Waals surface area contributed by atoms with Crippen LogP contribution in [0.5, 0.6) is 0 Å². The van der Waals surface area contributed by atoms with Crippen LogP contribution in [0.15, 0.2) is 18.2 Å². The van der Waals surface area contributed by atoms with E-state index in [4.69, 9.17) is 11.6 Å². The summed E-state index contributed by atoms with van der Waals surface area (Å²) >= 11 is 5.97. The van der Waals surface area contributed by atoms with E-state index in [1.165, 1.54) is 6.07 Å². The highest BCUT2D eigenvalue weighted by molar-refractivity contribution is 6.20. The van der Waals surface area contributed by atoms with Gasteiger partial charge in [-0.05, 0) is 29.8 Å². The molecule has 0 N–H and O–H groups in total. The molecule has 0 aliphatic carbocycles. The van der Waals surface area contributed by atoms with Crippen molar-refractivity contribution in [2.24, 2.45) is 0 Å². The maximum Gasteiger partial charge on any atom is 0.272 e. The molecule has 0 spiro atoms. The molecular weight excluding hydrogens is 270 g/mol. The van der Waals surface area contributed by atoms with Gasteiger partial charge < -0.3 is 0 Å². The Labute approximate surface area is 114 Å². The highest BCUT2D eigenvalue weighted by Crippen LogP contribution is 2.23. The number of aromatic nitrogens is 4. The molecule has 0 radical (unpaired) electrons. The summed E-state index contributed by atoms with van der Waals surface area (Å²) < 4.78 is 1.55. The lowest BCUT2D eigenvalue weighted by molar-refractivity contribution is -0.385. The zero-order chi connectivity index (χ0) is 14.0.